The maximum absolute atomic E-state index is 12.9. The van der Waals surface area contributed by atoms with Crippen molar-refractivity contribution in [3.05, 3.63) is 393 Å². The van der Waals surface area contributed by atoms with E-state index in [1.165, 1.54) is 55.4 Å². The zero-order chi connectivity index (χ0) is 98.6. The van der Waals surface area contributed by atoms with Crippen LogP contribution in [0.3, 0.4) is 0 Å². The van der Waals surface area contributed by atoms with Gasteiger partial charge >= 0.3 is 0 Å². The van der Waals surface area contributed by atoms with Crippen LogP contribution in [-0.2, 0) is 26.2 Å². The summed E-state index contributed by atoms with van der Waals surface area (Å²) in [7, 11) is 9.86. The Morgan fingerprint density at radius 3 is 0.906 bits per heavy atom. The molecule has 9 N–H and O–H groups in total. The number of carbonyl (C=O) groups is 8. The van der Waals surface area contributed by atoms with Gasteiger partial charge in [0.1, 0.15) is 41.2 Å². The van der Waals surface area contributed by atoms with E-state index in [-0.39, 0.29) is 45.9 Å². The zero-order valence-electron chi connectivity index (χ0n) is 74.8. The van der Waals surface area contributed by atoms with Gasteiger partial charge in [-0.15, -0.1) is 0 Å². The van der Waals surface area contributed by atoms with E-state index < -0.39 is 23.6 Å². The van der Waals surface area contributed by atoms with Crippen molar-refractivity contribution < 1.29 is 38.4 Å². The predicted molar refractivity (Wildman–Crippen MR) is 551 cm³/mol. The van der Waals surface area contributed by atoms with E-state index in [0.717, 1.165) is 72.0 Å². The summed E-state index contributed by atoms with van der Waals surface area (Å²) >= 11 is 47.8. The van der Waals surface area contributed by atoms with Crippen LogP contribution in [0.1, 0.15) is 105 Å². The highest BCUT2D eigenvalue weighted by Gasteiger charge is 2.25. The lowest BCUT2D eigenvalue weighted by Gasteiger charge is -2.24. The molecule has 31 nitrogen and oxygen atoms in total. The molecule has 8 amide bonds. The second-order valence-corrected chi connectivity index (χ2v) is 34.5. The second kappa shape index (κ2) is 49.0. The van der Waals surface area contributed by atoms with Crippen LogP contribution in [0.15, 0.2) is 296 Å². The molecule has 0 spiro atoms. The highest BCUT2D eigenvalue weighted by atomic mass is 35.5. The minimum absolute atomic E-state index is 0.200. The van der Waals surface area contributed by atoms with Crippen LogP contribution in [0.2, 0.25) is 40.2 Å². The standard InChI is InChI=1S/C26H21Cl2N5O2.C25H24Cl2N6O2.C25H20Cl2N6O2.C24H22Cl2N6O2/c1-33(24-4-2-3-13-29-24)16-17-5-7-18(8-6-17)25(34)31-22-11-9-19(27)14-21(22)26(35)32-23-12-10-20(28)15-30-23;1-32-12-11-28-25(32)33(2)15-16-3-5-17(6-4-16)23(34)30-21-9-7-18(26)13-20(21)24(35)31-22-10-8-19(27)14-29-22;1-33(23-10-11-28-15-30-23)14-16-2-4-17(5-3-16)24(34)31-21-8-6-18(26)12-20(21)25(35)32-22-9-7-19(27)13-29-22;1-32(24-27-10-11-28-24)14-15-2-4-16(5-3-15)22(33)30-20-8-6-17(25)12-19(20)23(34)31-21-9-7-18(26)13-29-21/h2-15H,16H2,1H3,(H,31,34)(H,30,32,35);3-10,13-14H,11-12,15H2,1-2H3,(H,30,34)(H,29,31,35);2-13,15H,14H2,1H3,(H,31,34)(H,29,32,35);2-9,12-13H,10-11,14H2,1H3,(H,27,28)(H,30,33)(H,29,31,34). The highest BCUT2D eigenvalue weighted by Crippen LogP contribution is 2.31. The van der Waals surface area contributed by atoms with Crippen molar-refractivity contribution in [2.24, 2.45) is 9.98 Å². The molecule has 14 aromatic rings. The first-order valence-electron chi connectivity index (χ1n) is 42.5. The van der Waals surface area contributed by atoms with Gasteiger partial charge in [-0.1, -0.05) is 147 Å². The number of nitrogens with zero attached hydrogens (tertiary/aromatic N) is 14. The van der Waals surface area contributed by atoms with Gasteiger partial charge in [0.25, 0.3) is 47.3 Å². The van der Waals surface area contributed by atoms with Gasteiger partial charge < -0.3 is 72.4 Å². The Labute approximate surface area is 839 Å². The van der Waals surface area contributed by atoms with Gasteiger partial charge in [-0.25, -0.2) is 34.9 Å². The van der Waals surface area contributed by atoms with Crippen LogP contribution in [0.5, 0.6) is 0 Å². The number of benzene rings is 8. The number of pyridine rings is 5. The summed E-state index contributed by atoms with van der Waals surface area (Å²) < 4.78 is 0. The number of aliphatic imine (C=N–C) groups is 2. The predicted octanol–water partition coefficient (Wildman–Crippen LogP) is 20.2. The van der Waals surface area contributed by atoms with Crippen LogP contribution >= 0.6 is 92.8 Å². The molecule has 6 aromatic heterocycles. The number of anilines is 10. The summed E-state index contributed by atoms with van der Waals surface area (Å²) in [5.41, 5.74) is 8.07. The Balaban J connectivity index is 0.000000156. The molecular weight excluding hydrogens is 1930 g/mol. The molecule has 16 rings (SSSR count). The summed E-state index contributed by atoms with van der Waals surface area (Å²) in [5, 5.41) is 28.4. The molecule has 139 heavy (non-hydrogen) atoms. The number of guanidine groups is 2. The van der Waals surface area contributed by atoms with Crippen molar-refractivity contribution in [1.82, 2.24) is 54.9 Å². The first kappa shape index (κ1) is 101. The molecule has 2 aliphatic rings. The average molecular weight is 2020 g/mol. The SMILES string of the molecule is CN(Cc1ccc(C(=O)Nc2ccc(Cl)cc2C(=O)Nc2ccc(Cl)cn2)cc1)C1=NCCN1.CN(Cc1ccc(C(=O)Nc2ccc(Cl)cc2C(=O)Nc2ccc(Cl)cn2)cc1)c1ccccn1.CN(Cc1ccc(C(=O)Nc2ccc(Cl)cc2C(=O)Nc2ccc(Cl)cn2)cc1)c1ccncn1.CN1CCN=C1N(C)Cc1ccc(C(=O)Nc2ccc(Cl)cc2C(=O)Nc2ccc(Cl)cn2)cc1. The van der Waals surface area contributed by atoms with Crippen LogP contribution in [-0.4, -0.2) is 170 Å². The summed E-state index contributed by atoms with van der Waals surface area (Å²) in [4.78, 5) is 151. The Bertz CT molecular complexity index is 6570. The number of rotatable bonds is 26. The van der Waals surface area contributed by atoms with E-state index in [0.29, 0.717) is 135 Å². The smallest absolute Gasteiger partial charge is 0.258 e. The Kier molecular flexibility index (Phi) is 35.7. The third-order valence-electron chi connectivity index (χ3n) is 20.7. The van der Waals surface area contributed by atoms with Gasteiger partial charge in [0.2, 0.25) is 0 Å². The fourth-order valence-corrected chi connectivity index (χ4v) is 14.8. The van der Waals surface area contributed by atoms with Crippen LogP contribution in [0.4, 0.5) is 57.7 Å². The summed E-state index contributed by atoms with van der Waals surface area (Å²) in [6.07, 6.45) is 10.6. The molecule has 0 aliphatic carbocycles. The Morgan fingerprint density at radius 2 is 0.633 bits per heavy atom. The number of hydrogen-bond acceptors (Lipinski definition) is 23. The molecule has 0 saturated carbocycles. The van der Waals surface area contributed by atoms with Gasteiger partial charge in [0, 0.05) is 154 Å². The van der Waals surface area contributed by atoms with E-state index in [1.54, 1.807) is 158 Å². The third kappa shape index (κ3) is 29.7. The Hall–Kier alpha value is -15.2. The lowest BCUT2D eigenvalue weighted by Crippen LogP contribution is -2.36. The first-order valence-corrected chi connectivity index (χ1v) is 45.6. The number of halogens is 8. The van der Waals surface area contributed by atoms with Crippen molar-refractivity contribution in [2.45, 2.75) is 26.2 Å². The van der Waals surface area contributed by atoms with Crippen molar-refractivity contribution in [2.75, 3.05) is 114 Å². The quantitative estimate of drug-likeness (QED) is 0.0243. The first-order chi connectivity index (χ1) is 67.0. The number of aromatic nitrogens is 7. The molecule has 8 heterocycles. The molecule has 2 aliphatic heterocycles. The normalized spacial score (nSPS) is 11.6. The zero-order valence-corrected chi connectivity index (χ0v) is 80.9. The number of hydrogen-bond donors (Lipinski definition) is 9. The molecule has 706 valence electrons. The molecular formula is C100H87Cl8N23O8. The number of likely N-dealkylation sites (N-methyl/N-ethyl adjacent to an activating group) is 1. The van der Waals surface area contributed by atoms with E-state index in [2.05, 4.69) is 103 Å². The van der Waals surface area contributed by atoms with Crippen molar-refractivity contribution in [1.29, 1.82) is 0 Å². The molecule has 0 radical (unpaired) electrons. The molecule has 39 heteroatoms. The number of nitrogens with one attached hydrogen (secondary N) is 9. The fourth-order valence-electron chi connectivity index (χ4n) is 13.7. The topological polar surface area (TPSA) is 376 Å². The van der Waals surface area contributed by atoms with E-state index >= 15 is 0 Å². The fraction of sp³-hybridized carbons (Fsp3) is 0.130. The number of carbonyl (C=O) groups excluding carboxylic acids is 8. The minimum atomic E-state index is -0.472. The molecule has 0 bridgehead atoms. The number of amides is 8. The van der Waals surface area contributed by atoms with Crippen molar-refractivity contribution in [3.8, 4) is 0 Å². The second-order valence-electron chi connectivity index (χ2n) is 31.0. The van der Waals surface area contributed by atoms with Gasteiger partial charge in [0.15, 0.2) is 11.9 Å². The largest absolute Gasteiger partial charge is 0.355 e. The molecule has 0 saturated heterocycles. The summed E-state index contributed by atoms with van der Waals surface area (Å²) in [6.45, 7) is 5.92. The minimum Gasteiger partial charge on any atom is -0.355 e. The van der Waals surface area contributed by atoms with E-state index in [4.69, 9.17) is 92.8 Å². The van der Waals surface area contributed by atoms with Crippen molar-refractivity contribution >= 4 is 210 Å². The molecule has 8 aromatic carbocycles. The van der Waals surface area contributed by atoms with Crippen LogP contribution in [0.25, 0.3) is 0 Å². The third-order valence-corrected chi connectivity index (χ3v) is 22.5. The molecule has 0 fully saturated rings. The maximum Gasteiger partial charge on any atom is 0.258 e. The lowest BCUT2D eigenvalue weighted by molar-refractivity contribution is 0.101. The van der Waals surface area contributed by atoms with Crippen molar-refractivity contribution in [3.63, 3.8) is 0 Å². The van der Waals surface area contributed by atoms with E-state index in [9.17, 15) is 38.4 Å². The van der Waals surface area contributed by atoms with Gasteiger partial charge in [-0.2, -0.15) is 0 Å². The summed E-state index contributed by atoms with van der Waals surface area (Å²) in [5.74, 6) is 1.50. The van der Waals surface area contributed by atoms with Gasteiger partial charge in [-0.3, -0.25) is 48.3 Å². The van der Waals surface area contributed by atoms with Gasteiger partial charge in [-0.05, 0) is 210 Å². The van der Waals surface area contributed by atoms with Crippen LogP contribution < -0.4 is 57.7 Å². The molecule has 0 unspecified atom stereocenters. The summed E-state index contributed by atoms with van der Waals surface area (Å²) in [6, 6.07) is 68.1. The monoisotopic (exact) mass is 2020 g/mol. The van der Waals surface area contributed by atoms with Crippen LogP contribution in [0, 0.1) is 0 Å². The Morgan fingerprint density at radius 1 is 0.317 bits per heavy atom. The highest BCUT2D eigenvalue weighted by molar-refractivity contribution is 6.34. The lowest BCUT2D eigenvalue weighted by atomic mass is 10.1. The van der Waals surface area contributed by atoms with Gasteiger partial charge in [0.05, 0.1) is 78.2 Å². The average Bonchev–Trinajstić information content (AvgIpc) is 1.33. The molecule has 0 atom stereocenters. The van der Waals surface area contributed by atoms with E-state index in [1.807, 2.05) is 123 Å². The maximum atomic E-state index is 12.9.